The number of hydrogen-bond donors (Lipinski definition) is 1. The second-order valence-electron chi connectivity index (χ2n) is 9.01. The normalized spacial score (nSPS) is 17.2. The average Bonchev–Trinajstić information content (AvgIpc) is 2.89. The Bertz CT molecular complexity index is 1060. The van der Waals surface area contributed by atoms with Gasteiger partial charge in [-0.3, -0.25) is 4.79 Å². The summed E-state index contributed by atoms with van der Waals surface area (Å²) in [6.07, 6.45) is 6.31. The van der Waals surface area contributed by atoms with E-state index < -0.39 is 5.66 Å². The molecule has 0 bridgehead atoms. The molecule has 0 aliphatic carbocycles. The first-order chi connectivity index (χ1) is 16.7. The average molecular weight is 457 g/mol. The van der Waals surface area contributed by atoms with Crippen molar-refractivity contribution in [3.8, 4) is 5.75 Å². The van der Waals surface area contributed by atoms with Crippen LogP contribution in [-0.4, -0.2) is 24.0 Å². The maximum Gasteiger partial charge on any atom is 0.258 e. The second-order valence-corrected chi connectivity index (χ2v) is 9.01. The number of benzene rings is 3. The maximum absolute atomic E-state index is 13.7. The Labute approximate surface area is 204 Å². The predicted octanol–water partition coefficient (Wildman–Crippen LogP) is 7.02. The number of ether oxygens (including phenoxy) is 1. The number of nitrogens with zero attached hydrogens (tertiary/aromatic N) is 1. The van der Waals surface area contributed by atoms with Crippen molar-refractivity contribution in [1.82, 2.24) is 4.90 Å². The van der Waals surface area contributed by atoms with Crippen LogP contribution >= 0.6 is 0 Å². The van der Waals surface area contributed by atoms with Crippen LogP contribution < -0.4 is 10.1 Å². The van der Waals surface area contributed by atoms with Crippen molar-refractivity contribution in [3.05, 3.63) is 95.6 Å². The lowest BCUT2D eigenvalue weighted by Gasteiger charge is -2.48. The number of para-hydroxylation sites is 1. The molecule has 1 amide bonds. The van der Waals surface area contributed by atoms with Gasteiger partial charge in [-0.05, 0) is 54.7 Å². The smallest absolute Gasteiger partial charge is 0.258 e. The van der Waals surface area contributed by atoms with E-state index in [1.807, 2.05) is 47.4 Å². The van der Waals surface area contributed by atoms with Crippen molar-refractivity contribution in [2.24, 2.45) is 0 Å². The maximum atomic E-state index is 13.7. The summed E-state index contributed by atoms with van der Waals surface area (Å²) in [5.41, 5.74) is 3.31. The highest BCUT2D eigenvalue weighted by Gasteiger charge is 2.44. The monoisotopic (exact) mass is 456 g/mol. The molecule has 0 radical (unpaired) electrons. The lowest BCUT2D eigenvalue weighted by atomic mass is 9.89. The highest BCUT2D eigenvalue weighted by Crippen LogP contribution is 2.40. The van der Waals surface area contributed by atoms with Gasteiger partial charge < -0.3 is 15.0 Å². The van der Waals surface area contributed by atoms with Gasteiger partial charge in [0.25, 0.3) is 5.91 Å². The zero-order chi connectivity index (χ0) is 23.8. The molecule has 0 saturated heterocycles. The zero-order valence-corrected chi connectivity index (χ0v) is 20.4. The number of carbonyl (C=O) groups is 1. The molecule has 4 rings (SSSR count). The highest BCUT2D eigenvalue weighted by atomic mass is 16.5. The minimum atomic E-state index is -0.611. The van der Waals surface area contributed by atoms with Crippen molar-refractivity contribution < 1.29 is 9.53 Å². The number of unbranched alkanes of at least 4 members (excludes halogenated alkanes) is 3. The molecule has 4 heteroatoms. The first kappa shape index (κ1) is 23.9. The van der Waals surface area contributed by atoms with Crippen molar-refractivity contribution >= 4 is 11.6 Å². The van der Waals surface area contributed by atoms with Crippen molar-refractivity contribution in [2.75, 3.05) is 18.5 Å². The lowest BCUT2D eigenvalue weighted by Crippen LogP contribution is -2.57. The van der Waals surface area contributed by atoms with Crippen LogP contribution in [0.25, 0.3) is 0 Å². The molecule has 0 saturated carbocycles. The summed E-state index contributed by atoms with van der Waals surface area (Å²) >= 11 is 0. The van der Waals surface area contributed by atoms with Crippen LogP contribution in [0, 0.1) is 0 Å². The van der Waals surface area contributed by atoms with Crippen molar-refractivity contribution in [2.45, 2.75) is 58.0 Å². The van der Waals surface area contributed by atoms with Crippen LogP contribution in [0.3, 0.4) is 0 Å². The van der Waals surface area contributed by atoms with Gasteiger partial charge in [-0.25, -0.2) is 0 Å². The molecule has 1 heterocycles. The molecule has 1 unspecified atom stereocenters. The summed E-state index contributed by atoms with van der Waals surface area (Å²) in [7, 11) is 0. The summed E-state index contributed by atoms with van der Waals surface area (Å²) in [5, 5.41) is 3.74. The Kier molecular flexibility index (Phi) is 7.89. The Morgan fingerprint density at radius 2 is 1.59 bits per heavy atom. The summed E-state index contributed by atoms with van der Waals surface area (Å²) in [6, 6.07) is 26.5. The third kappa shape index (κ3) is 5.11. The van der Waals surface area contributed by atoms with Gasteiger partial charge >= 0.3 is 0 Å². The first-order valence-electron chi connectivity index (χ1n) is 12.6. The molecule has 1 atom stereocenters. The third-order valence-electron chi connectivity index (χ3n) is 6.78. The van der Waals surface area contributed by atoms with Crippen LogP contribution in [0.1, 0.15) is 67.4 Å². The summed E-state index contributed by atoms with van der Waals surface area (Å²) in [6.45, 7) is 5.73. The molecule has 1 aliphatic heterocycles. The van der Waals surface area contributed by atoms with E-state index in [9.17, 15) is 4.79 Å². The van der Waals surface area contributed by atoms with E-state index in [2.05, 4.69) is 55.6 Å². The van der Waals surface area contributed by atoms with Gasteiger partial charge in [0.1, 0.15) is 11.4 Å². The van der Waals surface area contributed by atoms with Crippen LogP contribution in [-0.2, 0) is 12.1 Å². The van der Waals surface area contributed by atoms with E-state index in [4.69, 9.17) is 4.74 Å². The first-order valence-corrected chi connectivity index (χ1v) is 12.6. The molecule has 0 fully saturated rings. The van der Waals surface area contributed by atoms with Gasteiger partial charge in [-0.2, -0.15) is 0 Å². The van der Waals surface area contributed by atoms with Gasteiger partial charge in [0, 0.05) is 12.2 Å². The fourth-order valence-corrected chi connectivity index (χ4v) is 4.82. The largest absolute Gasteiger partial charge is 0.494 e. The number of fused-ring (bicyclic) bond motifs is 1. The van der Waals surface area contributed by atoms with Gasteiger partial charge in [-0.1, -0.05) is 87.7 Å². The van der Waals surface area contributed by atoms with E-state index in [-0.39, 0.29) is 5.91 Å². The molecular formula is C30H36N2O2. The molecule has 1 N–H and O–H groups in total. The van der Waals surface area contributed by atoms with E-state index in [1.54, 1.807) is 0 Å². The van der Waals surface area contributed by atoms with Crippen LogP contribution in [0.2, 0.25) is 0 Å². The van der Waals surface area contributed by atoms with Crippen molar-refractivity contribution in [1.29, 1.82) is 0 Å². The summed E-state index contributed by atoms with van der Waals surface area (Å²) < 4.78 is 5.97. The van der Waals surface area contributed by atoms with E-state index >= 15 is 0 Å². The summed E-state index contributed by atoms with van der Waals surface area (Å²) in [4.78, 5) is 15.8. The Balaban J connectivity index is 1.60. The Morgan fingerprint density at radius 1 is 0.853 bits per heavy atom. The SMILES string of the molecule is CCCCCCOc1ccc(C2(CC)Nc3ccccc3C(=O)N2CCc2ccccc2)cc1. The second kappa shape index (κ2) is 11.2. The summed E-state index contributed by atoms with van der Waals surface area (Å²) in [5.74, 6) is 0.952. The number of amides is 1. The molecule has 178 valence electrons. The van der Waals surface area contributed by atoms with Crippen LogP contribution in [0.5, 0.6) is 5.75 Å². The minimum absolute atomic E-state index is 0.0726. The van der Waals surface area contributed by atoms with Crippen molar-refractivity contribution in [3.63, 3.8) is 0 Å². The number of hydrogen-bond acceptors (Lipinski definition) is 3. The van der Waals surface area contributed by atoms with E-state index in [0.29, 0.717) is 6.54 Å². The van der Waals surface area contributed by atoms with Gasteiger partial charge in [-0.15, -0.1) is 0 Å². The van der Waals surface area contributed by atoms with Gasteiger partial charge in [0.15, 0.2) is 0 Å². The Morgan fingerprint density at radius 3 is 2.32 bits per heavy atom. The van der Waals surface area contributed by atoms with E-state index in [0.717, 1.165) is 48.4 Å². The highest BCUT2D eigenvalue weighted by molar-refractivity contribution is 6.02. The molecule has 0 spiro atoms. The standard InChI is InChI=1S/C30H36N2O2/c1-3-5-6-12-23-34-26-19-17-25(18-20-26)30(4-2)31-28-16-11-10-15-27(28)29(33)32(30)22-21-24-13-8-7-9-14-24/h7-11,13-20,31H,3-6,12,21-23H2,1-2H3. The molecule has 3 aromatic carbocycles. The third-order valence-corrected chi connectivity index (χ3v) is 6.78. The number of rotatable bonds is 11. The quantitative estimate of drug-likeness (QED) is 0.315. The number of carbonyl (C=O) groups excluding carboxylic acids is 1. The Hall–Kier alpha value is -3.27. The lowest BCUT2D eigenvalue weighted by molar-refractivity contribution is 0.0487. The molecule has 1 aliphatic rings. The molecule has 34 heavy (non-hydrogen) atoms. The molecule has 4 nitrogen and oxygen atoms in total. The minimum Gasteiger partial charge on any atom is -0.494 e. The number of nitrogens with one attached hydrogen (secondary N) is 1. The fourth-order valence-electron chi connectivity index (χ4n) is 4.82. The zero-order valence-electron chi connectivity index (χ0n) is 20.4. The topological polar surface area (TPSA) is 41.6 Å². The van der Waals surface area contributed by atoms with Crippen LogP contribution in [0.4, 0.5) is 5.69 Å². The van der Waals surface area contributed by atoms with Crippen LogP contribution in [0.15, 0.2) is 78.9 Å². The van der Waals surface area contributed by atoms with E-state index in [1.165, 1.54) is 24.8 Å². The molecular weight excluding hydrogens is 420 g/mol. The number of anilines is 1. The molecule has 3 aromatic rings. The molecule has 0 aromatic heterocycles. The van der Waals surface area contributed by atoms with Gasteiger partial charge in [0.2, 0.25) is 0 Å². The fraction of sp³-hybridized carbons (Fsp3) is 0.367. The predicted molar refractivity (Wildman–Crippen MR) is 139 cm³/mol. The van der Waals surface area contributed by atoms with Gasteiger partial charge in [0.05, 0.1) is 12.2 Å².